The van der Waals surface area contributed by atoms with E-state index in [1.807, 2.05) is 0 Å². The number of carbonyl (C=O) groups is 1. The Kier molecular flexibility index (Phi) is 9.06. The van der Waals surface area contributed by atoms with Gasteiger partial charge in [-0.3, -0.25) is 9.59 Å². The number of nitrogens with one attached hydrogen (secondary N) is 1. The van der Waals surface area contributed by atoms with Crippen LogP contribution in [0.4, 0.5) is 18.9 Å². The van der Waals surface area contributed by atoms with Gasteiger partial charge >= 0.3 is 12.1 Å². The Hall–Kier alpha value is -3.08. The van der Waals surface area contributed by atoms with Gasteiger partial charge in [0.25, 0.3) is 5.56 Å². The number of hydrogen-bond donors (Lipinski definition) is 1. The average molecular weight is 457 g/mol. The molecular weight excluding hydrogens is 431 g/mol. The molecule has 1 unspecified atom stereocenters. The summed E-state index contributed by atoms with van der Waals surface area (Å²) in [5.41, 5.74) is -2.43. The molecule has 0 saturated heterocycles. The highest BCUT2D eigenvalue weighted by molar-refractivity contribution is 5.69. The monoisotopic (exact) mass is 457 g/mol. The average Bonchev–Trinajstić information content (AvgIpc) is 2.73. The SMILES string of the molecule is CCOC(=O)CCOCC(C)Nc1cnn(Cc2ccc(OC)cc2)c(=O)c1C(F)(F)F. The molecule has 0 amide bonds. The third kappa shape index (κ3) is 7.26. The molecule has 0 spiro atoms. The van der Waals surface area contributed by atoms with E-state index in [1.165, 1.54) is 7.11 Å². The summed E-state index contributed by atoms with van der Waals surface area (Å²) in [6.45, 7) is 3.49. The van der Waals surface area contributed by atoms with Crippen LogP contribution in [0.15, 0.2) is 35.3 Å². The summed E-state index contributed by atoms with van der Waals surface area (Å²) in [7, 11) is 1.49. The molecule has 1 heterocycles. The lowest BCUT2D eigenvalue weighted by molar-refractivity contribution is -0.144. The van der Waals surface area contributed by atoms with Crippen molar-refractivity contribution in [3.8, 4) is 5.75 Å². The van der Waals surface area contributed by atoms with Crippen LogP contribution in [-0.2, 0) is 27.0 Å². The first-order valence-corrected chi connectivity index (χ1v) is 9.95. The van der Waals surface area contributed by atoms with Crippen LogP contribution in [-0.4, -0.2) is 48.7 Å². The number of hydrogen-bond acceptors (Lipinski definition) is 7. The van der Waals surface area contributed by atoms with Crippen LogP contribution in [0, 0.1) is 0 Å². The highest BCUT2D eigenvalue weighted by Crippen LogP contribution is 2.32. The lowest BCUT2D eigenvalue weighted by Crippen LogP contribution is -2.34. The molecule has 0 fully saturated rings. The van der Waals surface area contributed by atoms with Crippen molar-refractivity contribution >= 4 is 11.7 Å². The fourth-order valence-corrected chi connectivity index (χ4v) is 2.84. The minimum atomic E-state index is -4.88. The van der Waals surface area contributed by atoms with E-state index in [0.717, 1.165) is 10.9 Å². The van der Waals surface area contributed by atoms with Crippen molar-refractivity contribution in [2.45, 2.75) is 39.0 Å². The molecule has 1 aromatic carbocycles. The molecule has 2 aromatic rings. The fourth-order valence-electron chi connectivity index (χ4n) is 2.84. The number of carbonyl (C=O) groups excluding carboxylic acids is 1. The summed E-state index contributed by atoms with van der Waals surface area (Å²) in [4.78, 5) is 23.8. The number of methoxy groups -OCH3 is 1. The highest BCUT2D eigenvalue weighted by Gasteiger charge is 2.38. The van der Waals surface area contributed by atoms with Gasteiger partial charge in [-0.1, -0.05) is 12.1 Å². The normalized spacial score (nSPS) is 12.3. The molecule has 0 aliphatic rings. The third-order valence-corrected chi connectivity index (χ3v) is 4.34. The van der Waals surface area contributed by atoms with Gasteiger partial charge in [0, 0.05) is 6.04 Å². The zero-order valence-corrected chi connectivity index (χ0v) is 18.1. The van der Waals surface area contributed by atoms with Gasteiger partial charge < -0.3 is 19.5 Å². The molecule has 0 aliphatic heterocycles. The van der Waals surface area contributed by atoms with E-state index in [9.17, 15) is 22.8 Å². The van der Waals surface area contributed by atoms with Crippen LogP contribution in [0.5, 0.6) is 5.75 Å². The van der Waals surface area contributed by atoms with Crippen LogP contribution in [0.2, 0.25) is 0 Å². The fraction of sp³-hybridized carbons (Fsp3) is 0.476. The lowest BCUT2D eigenvalue weighted by atomic mass is 10.2. The molecule has 1 aromatic heterocycles. The first-order chi connectivity index (χ1) is 15.2. The van der Waals surface area contributed by atoms with Crippen molar-refractivity contribution < 1.29 is 32.2 Å². The highest BCUT2D eigenvalue weighted by atomic mass is 19.4. The quantitative estimate of drug-likeness (QED) is 0.410. The van der Waals surface area contributed by atoms with Gasteiger partial charge in [0.1, 0.15) is 11.3 Å². The smallest absolute Gasteiger partial charge is 0.423 e. The Bertz CT molecular complexity index is 945. The number of anilines is 1. The van der Waals surface area contributed by atoms with Gasteiger partial charge in [-0.05, 0) is 31.5 Å². The van der Waals surface area contributed by atoms with E-state index in [-0.39, 0.29) is 32.8 Å². The topological polar surface area (TPSA) is 91.7 Å². The van der Waals surface area contributed by atoms with E-state index in [1.54, 1.807) is 38.1 Å². The molecule has 0 aliphatic carbocycles. The van der Waals surface area contributed by atoms with Crippen molar-refractivity contribution in [2.24, 2.45) is 0 Å². The third-order valence-electron chi connectivity index (χ3n) is 4.34. The van der Waals surface area contributed by atoms with E-state index < -0.39 is 35.0 Å². The maximum Gasteiger partial charge on any atom is 0.423 e. The van der Waals surface area contributed by atoms with Gasteiger partial charge in [-0.15, -0.1) is 0 Å². The summed E-state index contributed by atoms with van der Waals surface area (Å²) < 4.78 is 56.9. The van der Waals surface area contributed by atoms with Gasteiger partial charge in [0.15, 0.2) is 0 Å². The molecule has 0 radical (unpaired) electrons. The number of esters is 1. The van der Waals surface area contributed by atoms with Gasteiger partial charge in [0.05, 0.1) is 51.8 Å². The van der Waals surface area contributed by atoms with Gasteiger partial charge in [0.2, 0.25) is 0 Å². The summed E-state index contributed by atoms with van der Waals surface area (Å²) >= 11 is 0. The van der Waals surface area contributed by atoms with Gasteiger partial charge in [-0.25, -0.2) is 4.68 Å². The molecular formula is C21H26F3N3O5. The number of benzene rings is 1. The Labute approximate surface area is 183 Å². The first kappa shape index (κ1) is 25.2. The van der Waals surface area contributed by atoms with E-state index in [2.05, 4.69) is 10.4 Å². The molecule has 0 bridgehead atoms. The Morgan fingerprint density at radius 1 is 1.25 bits per heavy atom. The van der Waals surface area contributed by atoms with Crippen LogP contribution in [0.1, 0.15) is 31.4 Å². The summed E-state index contributed by atoms with van der Waals surface area (Å²) in [5.74, 6) is 0.167. The van der Waals surface area contributed by atoms with E-state index >= 15 is 0 Å². The number of nitrogens with zero attached hydrogens (tertiary/aromatic N) is 2. The molecule has 8 nitrogen and oxygen atoms in total. The lowest BCUT2D eigenvalue weighted by Gasteiger charge is -2.19. The first-order valence-electron chi connectivity index (χ1n) is 9.95. The van der Waals surface area contributed by atoms with Crippen molar-refractivity contribution in [3.05, 3.63) is 51.9 Å². The molecule has 32 heavy (non-hydrogen) atoms. The van der Waals surface area contributed by atoms with Crippen LogP contribution >= 0.6 is 0 Å². The maximum absolute atomic E-state index is 13.7. The number of alkyl halides is 3. The Morgan fingerprint density at radius 3 is 2.53 bits per heavy atom. The molecule has 1 atom stereocenters. The second kappa shape index (κ2) is 11.5. The summed E-state index contributed by atoms with van der Waals surface area (Å²) in [5, 5.41) is 6.52. The molecule has 176 valence electrons. The predicted octanol–water partition coefficient (Wildman–Crippen LogP) is 3.09. The van der Waals surface area contributed by atoms with Crippen molar-refractivity contribution in [3.63, 3.8) is 0 Å². The Balaban J connectivity index is 2.11. The van der Waals surface area contributed by atoms with E-state index in [0.29, 0.717) is 11.3 Å². The standard InChI is InChI=1S/C21H26F3N3O5/c1-4-32-18(28)9-10-31-13-14(2)26-17-11-25-27(20(29)19(17)21(22,23)24)12-15-5-7-16(30-3)8-6-15/h5-8,11,14,26H,4,9-10,12-13H2,1-3H3. The minimum Gasteiger partial charge on any atom is -0.497 e. The number of halogens is 3. The molecule has 11 heteroatoms. The second-order valence-electron chi connectivity index (χ2n) is 6.92. The molecule has 0 saturated carbocycles. The van der Waals surface area contributed by atoms with Crippen LogP contribution in [0.3, 0.4) is 0 Å². The Morgan fingerprint density at radius 2 is 1.94 bits per heavy atom. The van der Waals surface area contributed by atoms with E-state index in [4.69, 9.17) is 14.2 Å². The number of aromatic nitrogens is 2. The molecule has 2 rings (SSSR count). The summed E-state index contributed by atoms with van der Waals surface area (Å²) in [6, 6.07) is 6.00. The second-order valence-corrected chi connectivity index (χ2v) is 6.92. The van der Waals surface area contributed by atoms with Gasteiger partial charge in [-0.2, -0.15) is 18.3 Å². The van der Waals surface area contributed by atoms with Crippen molar-refractivity contribution in [1.82, 2.24) is 9.78 Å². The number of ether oxygens (including phenoxy) is 3. The van der Waals surface area contributed by atoms with Crippen molar-refractivity contribution in [2.75, 3.05) is 32.2 Å². The minimum absolute atomic E-state index is 0.0195. The zero-order valence-electron chi connectivity index (χ0n) is 18.1. The number of rotatable bonds is 11. The zero-order chi connectivity index (χ0) is 23.7. The van der Waals surface area contributed by atoms with Crippen LogP contribution < -0.4 is 15.6 Å². The molecule has 1 N–H and O–H groups in total. The predicted molar refractivity (Wildman–Crippen MR) is 111 cm³/mol. The maximum atomic E-state index is 13.7. The van der Waals surface area contributed by atoms with Crippen molar-refractivity contribution in [1.29, 1.82) is 0 Å². The van der Waals surface area contributed by atoms with Crippen LogP contribution in [0.25, 0.3) is 0 Å². The summed E-state index contributed by atoms with van der Waals surface area (Å²) in [6.07, 6.45) is -3.87. The largest absolute Gasteiger partial charge is 0.497 e.